The van der Waals surface area contributed by atoms with Gasteiger partial charge in [0.1, 0.15) is 15.7 Å². The Morgan fingerprint density at radius 1 is 1.00 bits per heavy atom. The molecule has 0 saturated heterocycles. The average Bonchev–Trinajstić information content (AvgIpc) is 3.25. The Hall–Kier alpha value is -3.03. The summed E-state index contributed by atoms with van der Waals surface area (Å²) in [7, 11) is 0. The first-order valence-electron chi connectivity index (χ1n) is 11.0. The van der Waals surface area contributed by atoms with Gasteiger partial charge in [-0.3, -0.25) is 4.79 Å². The van der Waals surface area contributed by atoms with Gasteiger partial charge in [0.05, 0.1) is 16.3 Å². The summed E-state index contributed by atoms with van der Waals surface area (Å²) >= 11 is 2.99. The van der Waals surface area contributed by atoms with E-state index in [9.17, 15) is 4.79 Å². The van der Waals surface area contributed by atoms with Crippen molar-refractivity contribution in [2.24, 2.45) is 0 Å². The van der Waals surface area contributed by atoms with Gasteiger partial charge in [0, 0.05) is 11.3 Å². The number of anilines is 1. The molecule has 0 radical (unpaired) electrons. The molecule has 0 fully saturated rings. The van der Waals surface area contributed by atoms with Crippen LogP contribution in [-0.4, -0.2) is 26.8 Å². The molecule has 0 bridgehead atoms. The summed E-state index contributed by atoms with van der Waals surface area (Å²) in [6, 6.07) is 22.1. The standard InChI is InChI=1S/C26H26N4OS2/c1-3-4-8-19-11-13-21(14-12-19)28-23(31)17-32-24-16-15-22(29-30-24)25-18(2)27-26(33-25)20-9-6-5-7-10-20/h5-7,9-16H,3-4,8,17H2,1-2H3,(H,28,31). The van der Waals surface area contributed by atoms with Crippen LogP contribution in [0.4, 0.5) is 5.69 Å². The van der Waals surface area contributed by atoms with E-state index in [-0.39, 0.29) is 11.7 Å². The number of rotatable bonds is 9. The maximum Gasteiger partial charge on any atom is 0.234 e. The molecule has 0 spiro atoms. The SMILES string of the molecule is CCCCc1ccc(NC(=O)CSc2ccc(-c3sc(-c4ccccc4)nc3C)nn2)cc1. The minimum Gasteiger partial charge on any atom is -0.325 e. The van der Waals surface area contributed by atoms with Gasteiger partial charge in [-0.05, 0) is 49.6 Å². The van der Waals surface area contributed by atoms with Gasteiger partial charge < -0.3 is 5.32 Å². The Bertz CT molecular complexity index is 1190. The Morgan fingerprint density at radius 3 is 2.48 bits per heavy atom. The summed E-state index contributed by atoms with van der Waals surface area (Å²) in [4.78, 5) is 18.0. The van der Waals surface area contributed by atoms with E-state index in [1.165, 1.54) is 30.2 Å². The highest BCUT2D eigenvalue weighted by Gasteiger charge is 2.13. The van der Waals surface area contributed by atoms with Crippen molar-refractivity contribution in [2.75, 3.05) is 11.1 Å². The van der Waals surface area contributed by atoms with Gasteiger partial charge in [-0.25, -0.2) is 4.98 Å². The van der Waals surface area contributed by atoms with E-state index >= 15 is 0 Å². The van der Waals surface area contributed by atoms with Crippen LogP contribution in [0.25, 0.3) is 21.1 Å². The third-order valence-electron chi connectivity index (χ3n) is 5.10. The number of thiazole rings is 1. The number of nitrogens with one attached hydrogen (secondary N) is 1. The fourth-order valence-corrected chi connectivity index (χ4v) is 4.98. The number of amides is 1. The lowest BCUT2D eigenvalue weighted by Gasteiger charge is -2.06. The molecule has 5 nitrogen and oxygen atoms in total. The molecule has 0 aliphatic heterocycles. The van der Waals surface area contributed by atoms with Crippen molar-refractivity contribution in [1.29, 1.82) is 0 Å². The van der Waals surface area contributed by atoms with Crippen LogP contribution in [0.3, 0.4) is 0 Å². The average molecular weight is 475 g/mol. The zero-order valence-electron chi connectivity index (χ0n) is 18.7. The van der Waals surface area contributed by atoms with Crippen molar-refractivity contribution in [1.82, 2.24) is 15.2 Å². The number of aromatic nitrogens is 3. The first kappa shape index (κ1) is 23.1. The largest absolute Gasteiger partial charge is 0.325 e. The molecule has 0 aliphatic carbocycles. The summed E-state index contributed by atoms with van der Waals surface area (Å²) in [5, 5.41) is 13.3. The van der Waals surface area contributed by atoms with Gasteiger partial charge in [-0.2, -0.15) is 0 Å². The maximum atomic E-state index is 12.3. The first-order chi connectivity index (χ1) is 16.1. The van der Waals surface area contributed by atoms with E-state index in [1.807, 2.05) is 49.4 Å². The summed E-state index contributed by atoms with van der Waals surface area (Å²) in [5.41, 5.74) is 4.94. The Balaban J connectivity index is 1.33. The minimum atomic E-state index is -0.0574. The van der Waals surface area contributed by atoms with Crippen LogP contribution in [0, 0.1) is 6.92 Å². The fraction of sp³-hybridized carbons (Fsp3) is 0.231. The zero-order valence-corrected chi connectivity index (χ0v) is 20.4. The van der Waals surface area contributed by atoms with Crippen LogP contribution < -0.4 is 5.32 Å². The zero-order chi connectivity index (χ0) is 23.0. The van der Waals surface area contributed by atoms with Crippen molar-refractivity contribution in [3.63, 3.8) is 0 Å². The first-order valence-corrected chi connectivity index (χ1v) is 12.8. The summed E-state index contributed by atoms with van der Waals surface area (Å²) in [6.45, 7) is 4.18. The van der Waals surface area contributed by atoms with Gasteiger partial charge >= 0.3 is 0 Å². The van der Waals surface area contributed by atoms with E-state index in [0.717, 1.165) is 38.9 Å². The third kappa shape index (κ3) is 6.27. The van der Waals surface area contributed by atoms with Crippen LogP contribution in [0.5, 0.6) is 0 Å². The van der Waals surface area contributed by atoms with E-state index in [2.05, 4.69) is 46.7 Å². The number of thioether (sulfide) groups is 1. The molecule has 0 aliphatic rings. The second-order valence-electron chi connectivity index (χ2n) is 7.69. The number of hydrogen-bond donors (Lipinski definition) is 1. The molecule has 2 aromatic heterocycles. The molecular formula is C26H26N4OS2. The van der Waals surface area contributed by atoms with Crippen LogP contribution in [0.15, 0.2) is 71.8 Å². The number of unbranched alkanes of at least 4 members (excludes halogenated alkanes) is 1. The van der Waals surface area contributed by atoms with E-state index in [0.29, 0.717) is 5.03 Å². The van der Waals surface area contributed by atoms with Gasteiger partial charge in [-0.1, -0.05) is 67.6 Å². The number of carbonyl (C=O) groups is 1. The molecule has 7 heteroatoms. The Labute approximate surface area is 202 Å². The molecule has 4 aromatic rings. The summed E-state index contributed by atoms with van der Waals surface area (Å²) in [5.74, 6) is 0.224. The lowest BCUT2D eigenvalue weighted by molar-refractivity contribution is -0.113. The van der Waals surface area contributed by atoms with Crippen LogP contribution in [-0.2, 0) is 11.2 Å². The van der Waals surface area contributed by atoms with Crippen molar-refractivity contribution >= 4 is 34.7 Å². The number of hydrogen-bond acceptors (Lipinski definition) is 6. The number of aryl methyl sites for hydroxylation is 2. The number of carbonyl (C=O) groups excluding carboxylic acids is 1. The normalized spacial score (nSPS) is 10.8. The van der Waals surface area contributed by atoms with E-state index in [4.69, 9.17) is 4.98 Å². The fourth-order valence-electron chi connectivity index (χ4n) is 3.33. The molecule has 1 amide bonds. The van der Waals surface area contributed by atoms with Gasteiger partial charge in [0.25, 0.3) is 0 Å². The van der Waals surface area contributed by atoms with Crippen LogP contribution >= 0.6 is 23.1 Å². The highest BCUT2D eigenvalue weighted by atomic mass is 32.2. The number of benzene rings is 2. The molecule has 0 atom stereocenters. The quantitative estimate of drug-likeness (QED) is 0.275. The molecule has 0 unspecified atom stereocenters. The third-order valence-corrected chi connectivity index (χ3v) is 7.25. The smallest absolute Gasteiger partial charge is 0.234 e. The molecule has 4 rings (SSSR count). The highest BCUT2D eigenvalue weighted by Crippen LogP contribution is 2.34. The van der Waals surface area contributed by atoms with Gasteiger partial charge in [0.15, 0.2) is 0 Å². The van der Waals surface area contributed by atoms with Crippen molar-refractivity contribution in [3.8, 4) is 21.1 Å². The highest BCUT2D eigenvalue weighted by molar-refractivity contribution is 7.99. The topological polar surface area (TPSA) is 67.8 Å². The second-order valence-corrected chi connectivity index (χ2v) is 9.69. The predicted molar refractivity (Wildman–Crippen MR) is 138 cm³/mol. The predicted octanol–water partition coefficient (Wildman–Crippen LogP) is 6.65. The van der Waals surface area contributed by atoms with E-state index < -0.39 is 0 Å². The molecule has 0 saturated carbocycles. The van der Waals surface area contributed by atoms with Crippen molar-refractivity contribution < 1.29 is 4.79 Å². The second kappa shape index (κ2) is 11.2. The van der Waals surface area contributed by atoms with Crippen molar-refractivity contribution in [3.05, 3.63) is 78.0 Å². The molecular weight excluding hydrogens is 448 g/mol. The Kier molecular flexibility index (Phi) is 7.86. The van der Waals surface area contributed by atoms with Crippen LogP contribution in [0.1, 0.15) is 31.0 Å². The Morgan fingerprint density at radius 2 is 1.79 bits per heavy atom. The minimum absolute atomic E-state index is 0.0574. The summed E-state index contributed by atoms with van der Waals surface area (Å²) in [6.07, 6.45) is 3.43. The van der Waals surface area contributed by atoms with Crippen molar-refractivity contribution in [2.45, 2.75) is 38.1 Å². The molecule has 1 N–H and O–H groups in total. The van der Waals surface area contributed by atoms with Gasteiger partial charge in [0.2, 0.25) is 5.91 Å². The lowest BCUT2D eigenvalue weighted by Crippen LogP contribution is -2.14. The number of nitrogens with zero attached hydrogens (tertiary/aromatic N) is 3. The van der Waals surface area contributed by atoms with Crippen LogP contribution in [0.2, 0.25) is 0 Å². The maximum absolute atomic E-state index is 12.3. The monoisotopic (exact) mass is 474 g/mol. The summed E-state index contributed by atoms with van der Waals surface area (Å²) < 4.78 is 0. The van der Waals surface area contributed by atoms with E-state index in [1.54, 1.807) is 11.3 Å². The lowest BCUT2D eigenvalue weighted by atomic mass is 10.1. The van der Waals surface area contributed by atoms with Gasteiger partial charge in [-0.15, -0.1) is 21.5 Å². The molecule has 168 valence electrons. The molecule has 2 aromatic carbocycles. The molecule has 2 heterocycles. The molecule has 33 heavy (non-hydrogen) atoms.